The van der Waals surface area contributed by atoms with E-state index in [9.17, 15) is 0 Å². The van der Waals surface area contributed by atoms with Crippen molar-refractivity contribution >= 4 is 17.0 Å². The summed E-state index contributed by atoms with van der Waals surface area (Å²) >= 11 is 0. The Hall–Kier alpha value is -2.69. The molecule has 1 aromatic carbocycles. The Balaban J connectivity index is 1.57. The summed E-state index contributed by atoms with van der Waals surface area (Å²) < 4.78 is 1.71. The third-order valence-corrected chi connectivity index (χ3v) is 3.83. The van der Waals surface area contributed by atoms with Crippen molar-refractivity contribution in [1.82, 2.24) is 19.8 Å². The summed E-state index contributed by atoms with van der Waals surface area (Å²) in [6.07, 6.45) is 4.96. The molecule has 0 spiro atoms. The molecular formula is C16H15N5. The van der Waals surface area contributed by atoms with E-state index in [0.29, 0.717) is 0 Å². The molecule has 104 valence electrons. The molecule has 0 N–H and O–H groups in total. The van der Waals surface area contributed by atoms with Crippen molar-refractivity contribution in [1.29, 1.82) is 0 Å². The first-order chi connectivity index (χ1) is 10.4. The summed E-state index contributed by atoms with van der Waals surface area (Å²) in [6, 6.07) is 14.5. The van der Waals surface area contributed by atoms with Crippen molar-refractivity contribution in [2.75, 3.05) is 18.0 Å². The maximum absolute atomic E-state index is 4.55. The van der Waals surface area contributed by atoms with E-state index in [4.69, 9.17) is 0 Å². The summed E-state index contributed by atoms with van der Waals surface area (Å²) in [7, 11) is 0. The highest BCUT2D eigenvalue weighted by Gasteiger charge is 2.14. The van der Waals surface area contributed by atoms with E-state index in [1.165, 1.54) is 11.1 Å². The molecule has 0 bridgehead atoms. The number of hydrogen-bond donors (Lipinski definition) is 0. The summed E-state index contributed by atoms with van der Waals surface area (Å²) in [4.78, 5) is 2.27. The largest absolute Gasteiger partial charge is 0.351 e. The van der Waals surface area contributed by atoms with E-state index >= 15 is 0 Å². The molecule has 0 saturated heterocycles. The van der Waals surface area contributed by atoms with Crippen LogP contribution < -0.4 is 4.90 Å². The first kappa shape index (κ1) is 12.1. The van der Waals surface area contributed by atoms with Crippen LogP contribution in [-0.4, -0.2) is 32.9 Å². The Labute approximate surface area is 122 Å². The number of nitrogens with zero attached hydrogens (tertiary/aromatic N) is 5. The maximum Gasteiger partial charge on any atom is 0.177 e. The number of aromatic nitrogens is 4. The number of rotatable bonds is 2. The van der Waals surface area contributed by atoms with Gasteiger partial charge in [0.05, 0.1) is 0 Å². The van der Waals surface area contributed by atoms with Gasteiger partial charge in [-0.25, -0.2) is 0 Å². The van der Waals surface area contributed by atoms with Crippen LogP contribution in [0.3, 0.4) is 0 Å². The van der Waals surface area contributed by atoms with Gasteiger partial charge in [-0.05, 0) is 29.7 Å². The lowest BCUT2D eigenvalue weighted by atomic mass is 10.00. The highest BCUT2D eigenvalue weighted by atomic mass is 15.4. The zero-order valence-electron chi connectivity index (χ0n) is 11.6. The van der Waals surface area contributed by atoms with Crippen molar-refractivity contribution in [2.24, 2.45) is 0 Å². The molecule has 4 rings (SSSR count). The van der Waals surface area contributed by atoms with E-state index in [0.717, 1.165) is 31.0 Å². The molecule has 0 saturated carbocycles. The van der Waals surface area contributed by atoms with Crippen molar-refractivity contribution in [2.45, 2.75) is 6.42 Å². The molecule has 1 aliphatic heterocycles. The SMILES string of the molecule is C1=C(c2ccccc2)CCN(c2ccc3nncn3n2)C1. The van der Waals surface area contributed by atoms with E-state index in [2.05, 4.69) is 56.6 Å². The highest BCUT2D eigenvalue weighted by Crippen LogP contribution is 2.24. The quantitative estimate of drug-likeness (QED) is 0.721. The van der Waals surface area contributed by atoms with Gasteiger partial charge in [0.15, 0.2) is 5.65 Å². The van der Waals surface area contributed by atoms with Crippen LogP contribution in [0, 0.1) is 0 Å². The van der Waals surface area contributed by atoms with Crippen LogP contribution in [0.4, 0.5) is 5.82 Å². The third kappa shape index (κ3) is 2.27. The molecular weight excluding hydrogens is 262 g/mol. The summed E-state index contributed by atoms with van der Waals surface area (Å²) in [5.41, 5.74) is 3.51. The monoisotopic (exact) mass is 277 g/mol. The zero-order chi connectivity index (χ0) is 14.1. The number of benzene rings is 1. The van der Waals surface area contributed by atoms with Crippen molar-refractivity contribution in [3.8, 4) is 0 Å². The molecule has 0 radical (unpaired) electrons. The third-order valence-electron chi connectivity index (χ3n) is 3.83. The first-order valence-electron chi connectivity index (χ1n) is 7.07. The lowest BCUT2D eigenvalue weighted by Crippen LogP contribution is -2.29. The number of anilines is 1. The molecule has 0 aliphatic carbocycles. The zero-order valence-corrected chi connectivity index (χ0v) is 11.6. The molecule has 5 nitrogen and oxygen atoms in total. The van der Waals surface area contributed by atoms with Crippen LogP contribution in [0.5, 0.6) is 0 Å². The average Bonchev–Trinajstić information content (AvgIpc) is 3.03. The van der Waals surface area contributed by atoms with Crippen LogP contribution in [0.1, 0.15) is 12.0 Å². The minimum atomic E-state index is 0.774. The smallest absolute Gasteiger partial charge is 0.177 e. The average molecular weight is 277 g/mol. The standard InChI is InChI=1S/C16H15N5/c1-2-4-13(5-3-1)14-8-10-20(11-9-14)16-7-6-15-18-17-12-21(15)19-16/h1-8,12H,9-11H2. The van der Waals surface area contributed by atoms with Crippen molar-refractivity contribution in [3.63, 3.8) is 0 Å². The van der Waals surface area contributed by atoms with Gasteiger partial charge in [-0.15, -0.1) is 15.3 Å². The molecule has 3 aromatic rings. The second kappa shape index (κ2) is 5.01. The van der Waals surface area contributed by atoms with Gasteiger partial charge in [-0.3, -0.25) is 0 Å². The molecule has 5 heteroatoms. The van der Waals surface area contributed by atoms with Gasteiger partial charge in [0.25, 0.3) is 0 Å². The summed E-state index contributed by atoms with van der Waals surface area (Å²) in [5.74, 6) is 0.964. The Morgan fingerprint density at radius 3 is 2.71 bits per heavy atom. The fourth-order valence-corrected chi connectivity index (χ4v) is 2.68. The van der Waals surface area contributed by atoms with Gasteiger partial charge < -0.3 is 4.90 Å². The van der Waals surface area contributed by atoms with E-state index < -0.39 is 0 Å². The minimum absolute atomic E-state index is 0.774. The summed E-state index contributed by atoms with van der Waals surface area (Å²) in [5, 5.41) is 12.4. The van der Waals surface area contributed by atoms with Crippen LogP contribution in [-0.2, 0) is 0 Å². The lowest BCUT2D eigenvalue weighted by Gasteiger charge is -2.27. The van der Waals surface area contributed by atoms with Gasteiger partial charge >= 0.3 is 0 Å². The predicted octanol–water partition coefficient (Wildman–Crippen LogP) is 2.42. The molecule has 0 atom stereocenters. The van der Waals surface area contributed by atoms with Gasteiger partial charge in [-0.1, -0.05) is 36.4 Å². The van der Waals surface area contributed by atoms with Gasteiger partial charge in [-0.2, -0.15) is 4.52 Å². The van der Waals surface area contributed by atoms with Crippen LogP contribution in [0.25, 0.3) is 11.2 Å². The fourth-order valence-electron chi connectivity index (χ4n) is 2.68. The number of fused-ring (bicyclic) bond motifs is 1. The molecule has 0 unspecified atom stereocenters. The Morgan fingerprint density at radius 2 is 1.90 bits per heavy atom. The van der Waals surface area contributed by atoms with Gasteiger partial charge in [0, 0.05) is 13.1 Å². The Kier molecular flexibility index (Phi) is 2.88. The normalized spacial score (nSPS) is 15.2. The van der Waals surface area contributed by atoms with Crippen LogP contribution in [0.15, 0.2) is 54.9 Å². The Morgan fingerprint density at radius 1 is 1.00 bits per heavy atom. The molecule has 0 fully saturated rings. The highest BCUT2D eigenvalue weighted by molar-refractivity contribution is 5.68. The van der Waals surface area contributed by atoms with Gasteiger partial charge in [0.1, 0.15) is 12.1 Å². The van der Waals surface area contributed by atoms with E-state index in [1.807, 2.05) is 12.1 Å². The molecule has 21 heavy (non-hydrogen) atoms. The second-order valence-electron chi connectivity index (χ2n) is 5.12. The fraction of sp³-hybridized carbons (Fsp3) is 0.188. The maximum atomic E-state index is 4.55. The molecule has 1 aliphatic rings. The van der Waals surface area contributed by atoms with Crippen LogP contribution >= 0.6 is 0 Å². The van der Waals surface area contributed by atoms with E-state index in [1.54, 1.807) is 10.8 Å². The topological polar surface area (TPSA) is 46.3 Å². The predicted molar refractivity (Wildman–Crippen MR) is 82.0 cm³/mol. The summed E-state index contributed by atoms with van der Waals surface area (Å²) in [6.45, 7) is 1.85. The first-order valence-corrected chi connectivity index (χ1v) is 7.07. The molecule has 3 heterocycles. The minimum Gasteiger partial charge on any atom is -0.351 e. The molecule has 2 aromatic heterocycles. The van der Waals surface area contributed by atoms with E-state index in [-0.39, 0.29) is 0 Å². The Bertz CT molecular complexity index is 791. The number of hydrogen-bond acceptors (Lipinski definition) is 4. The van der Waals surface area contributed by atoms with Crippen LogP contribution in [0.2, 0.25) is 0 Å². The van der Waals surface area contributed by atoms with Gasteiger partial charge in [0.2, 0.25) is 0 Å². The lowest BCUT2D eigenvalue weighted by molar-refractivity contribution is 0.787. The van der Waals surface area contributed by atoms with Crippen molar-refractivity contribution in [3.05, 3.63) is 60.4 Å². The molecule has 0 amide bonds. The second-order valence-corrected chi connectivity index (χ2v) is 5.12. The van der Waals surface area contributed by atoms with Crippen molar-refractivity contribution < 1.29 is 0 Å².